The van der Waals surface area contributed by atoms with E-state index in [1.54, 1.807) is 0 Å². The Labute approximate surface area is 134 Å². The Kier molecular flexibility index (Phi) is 4.73. The second-order valence-corrected chi connectivity index (χ2v) is 6.17. The molecule has 1 aliphatic rings. The Morgan fingerprint density at radius 2 is 1.95 bits per heavy atom. The predicted octanol–water partition coefficient (Wildman–Crippen LogP) is 4.16. The van der Waals surface area contributed by atoms with Gasteiger partial charge in [-0.05, 0) is 42.6 Å². The summed E-state index contributed by atoms with van der Waals surface area (Å²) in [6.45, 7) is 3.08. The first-order chi connectivity index (χ1) is 10.2. The highest BCUT2D eigenvalue weighted by molar-refractivity contribution is 6.31. The first-order valence-corrected chi connectivity index (χ1v) is 7.92. The summed E-state index contributed by atoms with van der Waals surface area (Å²) < 4.78 is 0. The van der Waals surface area contributed by atoms with Gasteiger partial charge in [0.15, 0.2) is 0 Å². The molecule has 3 rings (SSSR count). The number of piperidine rings is 1. The zero-order valence-corrected chi connectivity index (χ0v) is 13.2. The number of likely N-dealkylation sites (tertiary alicyclic amines) is 1. The van der Waals surface area contributed by atoms with Crippen LogP contribution in [0, 0.1) is 0 Å². The molecule has 3 nitrogen and oxygen atoms in total. The van der Waals surface area contributed by atoms with Crippen molar-refractivity contribution in [2.75, 3.05) is 13.1 Å². The Hall–Kier alpha value is -1.16. The lowest BCUT2D eigenvalue weighted by Gasteiger charge is -2.32. The predicted molar refractivity (Wildman–Crippen MR) is 85.7 cm³/mol. The van der Waals surface area contributed by atoms with E-state index in [4.69, 9.17) is 23.2 Å². The highest BCUT2D eigenvalue weighted by atomic mass is 35.5. The minimum atomic E-state index is 0.234. The van der Waals surface area contributed by atoms with Gasteiger partial charge in [-0.1, -0.05) is 41.9 Å². The summed E-state index contributed by atoms with van der Waals surface area (Å²) in [5, 5.41) is 0.655. The van der Waals surface area contributed by atoms with Crippen molar-refractivity contribution >= 4 is 23.2 Å². The third kappa shape index (κ3) is 3.94. The average molecular weight is 322 g/mol. The molecule has 1 aromatic carbocycles. The van der Waals surface area contributed by atoms with E-state index < -0.39 is 0 Å². The van der Waals surface area contributed by atoms with Crippen molar-refractivity contribution in [3.63, 3.8) is 0 Å². The van der Waals surface area contributed by atoms with E-state index in [1.807, 2.05) is 12.1 Å². The van der Waals surface area contributed by atoms with E-state index in [1.165, 1.54) is 5.56 Å². The smallest absolute Gasteiger partial charge is 0.224 e. The molecule has 0 spiro atoms. The third-order valence-corrected chi connectivity index (χ3v) is 4.22. The Balaban J connectivity index is 1.70. The SMILES string of the molecule is Clc1cc(C2CCCN(Cc3ccccc3)C2)nc(Cl)n1. The van der Waals surface area contributed by atoms with Crippen LogP contribution in [0.3, 0.4) is 0 Å². The van der Waals surface area contributed by atoms with Crippen LogP contribution >= 0.6 is 23.2 Å². The van der Waals surface area contributed by atoms with E-state index in [0.717, 1.165) is 38.2 Å². The van der Waals surface area contributed by atoms with Crippen LogP contribution in [-0.2, 0) is 6.54 Å². The van der Waals surface area contributed by atoms with E-state index in [0.29, 0.717) is 11.1 Å². The van der Waals surface area contributed by atoms with Crippen molar-refractivity contribution in [3.8, 4) is 0 Å². The van der Waals surface area contributed by atoms with Crippen molar-refractivity contribution in [2.45, 2.75) is 25.3 Å². The molecule has 2 aromatic rings. The highest BCUT2D eigenvalue weighted by Gasteiger charge is 2.23. The zero-order valence-electron chi connectivity index (χ0n) is 11.7. The molecule has 1 aromatic heterocycles. The fourth-order valence-electron chi connectivity index (χ4n) is 2.90. The maximum atomic E-state index is 5.99. The van der Waals surface area contributed by atoms with Crippen molar-refractivity contribution in [1.29, 1.82) is 0 Å². The molecule has 0 N–H and O–H groups in total. The van der Waals surface area contributed by atoms with Crippen LogP contribution in [0.25, 0.3) is 0 Å². The van der Waals surface area contributed by atoms with Gasteiger partial charge >= 0.3 is 0 Å². The van der Waals surface area contributed by atoms with Crippen LogP contribution in [0.15, 0.2) is 36.4 Å². The van der Waals surface area contributed by atoms with Gasteiger partial charge in [0.2, 0.25) is 5.28 Å². The van der Waals surface area contributed by atoms with Crippen molar-refractivity contribution in [2.24, 2.45) is 0 Å². The van der Waals surface area contributed by atoms with Crippen LogP contribution in [0.1, 0.15) is 30.0 Å². The van der Waals surface area contributed by atoms with Gasteiger partial charge in [0.05, 0.1) is 5.69 Å². The summed E-state index contributed by atoms with van der Waals surface area (Å²) in [5.41, 5.74) is 2.30. The van der Waals surface area contributed by atoms with Crippen LogP contribution < -0.4 is 0 Å². The molecular formula is C16H17Cl2N3. The van der Waals surface area contributed by atoms with Gasteiger partial charge in [-0.2, -0.15) is 0 Å². The molecule has 1 atom stereocenters. The summed E-state index contributed by atoms with van der Waals surface area (Å²) in [6.07, 6.45) is 2.28. The van der Waals surface area contributed by atoms with Gasteiger partial charge in [0.1, 0.15) is 5.15 Å². The van der Waals surface area contributed by atoms with Crippen LogP contribution in [0.4, 0.5) is 0 Å². The molecular weight excluding hydrogens is 305 g/mol. The van der Waals surface area contributed by atoms with Crippen molar-refractivity contribution in [3.05, 3.63) is 58.1 Å². The summed E-state index contributed by atoms with van der Waals surface area (Å²) in [6, 6.07) is 12.4. The summed E-state index contributed by atoms with van der Waals surface area (Å²) in [7, 11) is 0. The molecule has 1 fully saturated rings. The molecule has 0 bridgehead atoms. The number of rotatable bonds is 3. The number of nitrogens with zero attached hydrogens (tertiary/aromatic N) is 3. The lowest BCUT2D eigenvalue weighted by molar-refractivity contribution is 0.198. The number of benzene rings is 1. The van der Waals surface area contributed by atoms with E-state index >= 15 is 0 Å². The van der Waals surface area contributed by atoms with Crippen LogP contribution in [-0.4, -0.2) is 28.0 Å². The normalized spacial score (nSPS) is 19.6. The topological polar surface area (TPSA) is 29.0 Å². The fraction of sp³-hybridized carbons (Fsp3) is 0.375. The van der Waals surface area contributed by atoms with Crippen molar-refractivity contribution in [1.82, 2.24) is 14.9 Å². The molecule has 5 heteroatoms. The maximum Gasteiger partial charge on any atom is 0.224 e. The quantitative estimate of drug-likeness (QED) is 0.627. The van der Waals surface area contributed by atoms with Gasteiger partial charge in [-0.3, -0.25) is 4.90 Å². The maximum absolute atomic E-state index is 5.99. The standard InChI is InChI=1S/C16H17Cl2N3/c17-15-9-14(19-16(18)20-15)13-7-4-8-21(11-13)10-12-5-2-1-3-6-12/h1-3,5-6,9,13H,4,7-8,10-11H2. The summed E-state index contributed by atoms with van der Waals surface area (Å²) >= 11 is 11.9. The second kappa shape index (κ2) is 6.73. The monoisotopic (exact) mass is 321 g/mol. The van der Waals surface area contributed by atoms with E-state index in [2.05, 4.69) is 39.1 Å². The van der Waals surface area contributed by atoms with Gasteiger partial charge in [-0.15, -0.1) is 0 Å². The van der Waals surface area contributed by atoms with Gasteiger partial charge in [0.25, 0.3) is 0 Å². The van der Waals surface area contributed by atoms with Gasteiger partial charge in [0, 0.05) is 19.0 Å². The van der Waals surface area contributed by atoms with Gasteiger partial charge < -0.3 is 0 Å². The average Bonchev–Trinajstić information content (AvgIpc) is 2.47. The minimum Gasteiger partial charge on any atom is -0.298 e. The summed E-state index contributed by atoms with van der Waals surface area (Å²) in [4.78, 5) is 10.7. The van der Waals surface area contributed by atoms with E-state index in [-0.39, 0.29) is 5.28 Å². The summed E-state index contributed by atoms with van der Waals surface area (Å²) in [5.74, 6) is 0.375. The molecule has 0 amide bonds. The number of hydrogen-bond acceptors (Lipinski definition) is 3. The number of halogens is 2. The molecule has 0 saturated carbocycles. The van der Waals surface area contributed by atoms with Crippen LogP contribution in [0.5, 0.6) is 0 Å². The van der Waals surface area contributed by atoms with Crippen molar-refractivity contribution < 1.29 is 0 Å². The zero-order chi connectivity index (χ0) is 14.7. The number of hydrogen-bond donors (Lipinski definition) is 0. The number of aromatic nitrogens is 2. The molecule has 110 valence electrons. The molecule has 1 aliphatic heterocycles. The van der Waals surface area contributed by atoms with Crippen LogP contribution in [0.2, 0.25) is 10.4 Å². The highest BCUT2D eigenvalue weighted by Crippen LogP contribution is 2.28. The minimum absolute atomic E-state index is 0.234. The first-order valence-electron chi connectivity index (χ1n) is 7.17. The molecule has 2 heterocycles. The van der Waals surface area contributed by atoms with E-state index in [9.17, 15) is 0 Å². The fourth-order valence-corrected chi connectivity index (χ4v) is 3.32. The molecule has 1 saturated heterocycles. The molecule has 21 heavy (non-hydrogen) atoms. The third-order valence-electron chi connectivity index (χ3n) is 3.86. The molecule has 0 aliphatic carbocycles. The largest absolute Gasteiger partial charge is 0.298 e. The Morgan fingerprint density at radius 1 is 1.14 bits per heavy atom. The Bertz CT molecular complexity index is 583. The lowest BCUT2D eigenvalue weighted by atomic mass is 9.94. The molecule has 0 radical (unpaired) electrons. The molecule has 1 unspecified atom stereocenters. The lowest BCUT2D eigenvalue weighted by Crippen LogP contribution is -2.34. The Morgan fingerprint density at radius 3 is 2.71 bits per heavy atom. The first kappa shape index (κ1) is 14.8. The van der Waals surface area contributed by atoms with Gasteiger partial charge in [-0.25, -0.2) is 9.97 Å². The second-order valence-electron chi connectivity index (χ2n) is 5.44.